The Morgan fingerprint density at radius 3 is 2.81 bits per heavy atom. The van der Waals surface area contributed by atoms with Gasteiger partial charge in [-0.3, -0.25) is 9.59 Å². The average Bonchev–Trinajstić information content (AvgIpc) is 3.11. The molecule has 1 aromatic heterocycles. The van der Waals surface area contributed by atoms with Crippen LogP contribution < -0.4 is 10.6 Å². The number of hydrogen-bond acceptors (Lipinski definition) is 6. The van der Waals surface area contributed by atoms with Gasteiger partial charge in [0.15, 0.2) is 0 Å². The van der Waals surface area contributed by atoms with Crippen molar-refractivity contribution in [1.82, 2.24) is 10.2 Å². The summed E-state index contributed by atoms with van der Waals surface area (Å²) in [5.74, 6) is -0.497. The summed E-state index contributed by atoms with van der Waals surface area (Å²) < 4.78 is 0. The molecule has 3 aromatic rings. The zero-order chi connectivity index (χ0) is 18.8. The Kier molecular flexibility index (Phi) is 5.11. The van der Waals surface area contributed by atoms with Crippen LogP contribution >= 0.6 is 34.7 Å². The SMILES string of the molecule is O=C(CC1Sc2ccc(Cl)cc2NC1=O)Nc1nnc(-c2ccccc2)s1. The summed E-state index contributed by atoms with van der Waals surface area (Å²) in [6.45, 7) is 0. The zero-order valence-electron chi connectivity index (χ0n) is 13.8. The standard InChI is InChI=1S/C18H13ClN4O2S2/c19-11-6-7-13-12(8-11)20-16(25)14(26-13)9-15(24)21-18-23-22-17(27-18)10-4-2-1-3-5-10/h1-8,14H,9H2,(H,20,25)(H,21,23,24). The minimum absolute atomic E-state index is 0.0405. The quantitative estimate of drug-likeness (QED) is 0.662. The molecule has 0 saturated carbocycles. The van der Waals surface area contributed by atoms with Crippen LogP contribution in [0.15, 0.2) is 53.4 Å². The summed E-state index contributed by atoms with van der Waals surface area (Å²) >= 11 is 8.59. The van der Waals surface area contributed by atoms with Gasteiger partial charge in [-0.05, 0) is 18.2 Å². The summed E-state index contributed by atoms with van der Waals surface area (Å²) in [5.41, 5.74) is 1.61. The largest absolute Gasteiger partial charge is 0.324 e. The lowest BCUT2D eigenvalue weighted by atomic mass is 10.2. The lowest BCUT2D eigenvalue weighted by Crippen LogP contribution is -2.32. The molecule has 2 N–H and O–H groups in total. The third-order valence-corrected chi connectivity index (χ3v) is 6.22. The van der Waals surface area contributed by atoms with E-state index in [9.17, 15) is 9.59 Å². The van der Waals surface area contributed by atoms with Gasteiger partial charge in [0.05, 0.1) is 10.9 Å². The van der Waals surface area contributed by atoms with E-state index in [-0.39, 0.29) is 18.2 Å². The number of nitrogens with zero attached hydrogens (tertiary/aromatic N) is 2. The molecular weight excluding hydrogens is 404 g/mol. The predicted octanol–water partition coefficient (Wildman–Crippen LogP) is 4.30. The van der Waals surface area contributed by atoms with E-state index in [0.717, 1.165) is 15.5 Å². The zero-order valence-corrected chi connectivity index (χ0v) is 16.2. The molecule has 0 aliphatic carbocycles. The maximum absolute atomic E-state index is 12.4. The number of aromatic nitrogens is 2. The second kappa shape index (κ2) is 7.67. The topological polar surface area (TPSA) is 84.0 Å². The molecule has 2 aromatic carbocycles. The number of amides is 2. The lowest BCUT2D eigenvalue weighted by molar-refractivity contribution is -0.120. The fourth-order valence-corrected chi connectivity index (χ4v) is 4.59. The number of carbonyl (C=O) groups is 2. The lowest BCUT2D eigenvalue weighted by Gasteiger charge is -2.23. The maximum atomic E-state index is 12.4. The van der Waals surface area contributed by atoms with E-state index >= 15 is 0 Å². The highest BCUT2D eigenvalue weighted by molar-refractivity contribution is 8.01. The van der Waals surface area contributed by atoms with E-state index < -0.39 is 5.25 Å². The van der Waals surface area contributed by atoms with Crippen LogP contribution in [0.2, 0.25) is 5.02 Å². The van der Waals surface area contributed by atoms with Crippen LogP contribution in [0.1, 0.15) is 6.42 Å². The van der Waals surface area contributed by atoms with E-state index in [1.165, 1.54) is 23.1 Å². The van der Waals surface area contributed by atoms with Crippen molar-refractivity contribution in [3.63, 3.8) is 0 Å². The Bertz CT molecular complexity index is 1010. The van der Waals surface area contributed by atoms with Crippen molar-refractivity contribution in [1.29, 1.82) is 0 Å². The summed E-state index contributed by atoms with van der Waals surface area (Å²) in [4.78, 5) is 25.5. The normalized spacial score (nSPS) is 15.7. The first-order valence-electron chi connectivity index (χ1n) is 8.04. The Morgan fingerprint density at radius 1 is 1.19 bits per heavy atom. The Hall–Kier alpha value is -2.42. The molecule has 0 radical (unpaired) electrons. The number of nitrogens with one attached hydrogen (secondary N) is 2. The molecule has 2 heterocycles. The number of anilines is 2. The number of thioether (sulfide) groups is 1. The number of carbonyl (C=O) groups excluding carboxylic acids is 2. The number of fused-ring (bicyclic) bond motifs is 1. The van der Waals surface area contributed by atoms with Gasteiger partial charge >= 0.3 is 0 Å². The van der Waals surface area contributed by atoms with Crippen LogP contribution in [-0.4, -0.2) is 27.3 Å². The maximum Gasteiger partial charge on any atom is 0.238 e. The third kappa shape index (κ3) is 4.13. The van der Waals surface area contributed by atoms with E-state index in [4.69, 9.17) is 11.6 Å². The predicted molar refractivity (Wildman–Crippen MR) is 108 cm³/mol. The van der Waals surface area contributed by atoms with Crippen molar-refractivity contribution < 1.29 is 9.59 Å². The van der Waals surface area contributed by atoms with Crippen LogP contribution in [0.3, 0.4) is 0 Å². The Balaban J connectivity index is 1.40. The average molecular weight is 417 g/mol. The van der Waals surface area contributed by atoms with Gasteiger partial charge in [-0.25, -0.2) is 0 Å². The van der Waals surface area contributed by atoms with Crippen LogP contribution in [0.5, 0.6) is 0 Å². The molecule has 4 rings (SSSR count). The monoisotopic (exact) mass is 416 g/mol. The van der Waals surface area contributed by atoms with Crippen LogP contribution in [-0.2, 0) is 9.59 Å². The molecule has 0 bridgehead atoms. The van der Waals surface area contributed by atoms with E-state index in [1.54, 1.807) is 12.1 Å². The van der Waals surface area contributed by atoms with Crippen molar-refractivity contribution >= 4 is 57.3 Å². The molecule has 2 amide bonds. The molecule has 136 valence electrons. The van der Waals surface area contributed by atoms with Crippen molar-refractivity contribution in [3.8, 4) is 10.6 Å². The summed E-state index contributed by atoms with van der Waals surface area (Å²) in [6, 6.07) is 14.9. The van der Waals surface area contributed by atoms with Gasteiger partial charge in [-0.1, -0.05) is 53.3 Å². The highest BCUT2D eigenvalue weighted by atomic mass is 35.5. The second-order valence-electron chi connectivity index (χ2n) is 5.77. The first-order chi connectivity index (χ1) is 13.1. The molecule has 1 unspecified atom stereocenters. The van der Waals surface area contributed by atoms with Gasteiger partial charge in [0.2, 0.25) is 16.9 Å². The fourth-order valence-electron chi connectivity index (χ4n) is 2.57. The van der Waals surface area contributed by atoms with Gasteiger partial charge in [-0.2, -0.15) is 0 Å². The van der Waals surface area contributed by atoms with Gasteiger partial charge in [0.1, 0.15) is 5.01 Å². The fraction of sp³-hybridized carbons (Fsp3) is 0.111. The molecular formula is C18H13ClN4O2S2. The van der Waals surface area contributed by atoms with Crippen molar-refractivity contribution in [2.24, 2.45) is 0 Å². The van der Waals surface area contributed by atoms with Gasteiger partial charge in [0.25, 0.3) is 0 Å². The molecule has 0 fully saturated rings. The number of hydrogen-bond donors (Lipinski definition) is 2. The highest BCUT2D eigenvalue weighted by Crippen LogP contribution is 2.38. The number of rotatable bonds is 4. The first-order valence-corrected chi connectivity index (χ1v) is 10.1. The molecule has 0 saturated heterocycles. The number of benzene rings is 2. The molecule has 1 aliphatic rings. The third-order valence-electron chi connectivity index (χ3n) is 3.82. The van der Waals surface area contributed by atoms with Crippen LogP contribution in [0.25, 0.3) is 10.6 Å². The molecule has 0 spiro atoms. The molecule has 27 heavy (non-hydrogen) atoms. The van der Waals surface area contributed by atoms with Crippen molar-refractivity contribution in [3.05, 3.63) is 53.6 Å². The number of halogens is 1. The van der Waals surface area contributed by atoms with Crippen molar-refractivity contribution in [2.45, 2.75) is 16.6 Å². The van der Waals surface area contributed by atoms with Crippen LogP contribution in [0, 0.1) is 0 Å². The smallest absolute Gasteiger partial charge is 0.238 e. The molecule has 1 atom stereocenters. The van der Waals surface area contributed by atoms with E-state index in [0.29, 0.717) is 15.8 Å². The first kappa shape index (κ1) is 18.0. The van der Waals surface area contributed by atoms with E-state index in [1.807, 2.05) is 36.4 Å². The summed E-state index contributed by atoms with van der Waals surface area (Å²) in [5, 5.41) is 14.8. The van der Waals surface area contributed by atoms with E-state index in [2.05, 4.69) is 20.8 Å². The minimum Gasteiger partial charge on any atom is -0.324 e. The molecule has 1 aliphatic heterocycles. The second-order valence-corrected chi connectivity index (χ2v) is 8.43. The molecule has 9 heteroatoms. The Labute approximate surface area is 168 Å². The molecule has 6 nitrogen and oxygen atoms in total. The van der Waals surface area contributed by atoms with Crippen molar-refractivity contribution in [2.75, 3.05) is 10.6 Å². The van der Waals surface area contributed by atoms with Crippen LogP contribution in [0.4, 0.5) is 10.8 Å². The minimum atomic E-state index is -0.514. The van der Waals surface area contributed by atoms with Gasteiger partial charge in [-0.15, -0.1) is 22.0 Å². The highest BCUT2D eigenvalue weighted by Gasteiger charge is 2.29. The van der Waals surface area contributed by atoms with Gasteiger partial charge in [0, 0.05) is 21.9 Å². The summed E-state index contributed by atoms with van der Waals surface area (Å²) in [7, 11) is 0. The van der Waals surface area contributed by atoms with Gasteiger partial charge < -0.3 is 10.6 Å². The Morgan fingerprint density at radius 2 is 2.00 bits per heavy atom. The summed E-state index contributed by atoms with van der Waals surface area (Å²) in [6.07, 6.45) is 0.0405.